The van der Waals surface area contributed by atoms with E-state index in [0.29, 0.717) is 31.7 Å². The molecule has 0 aromatic heterocycles. The molecule has 6 atom stereocenters. The molecule has 0 aromatic rings. The van der Waals surface area contributed by atoms with Crippen molar-refractivity contribution < 1.29 is 14.3 Å². The van der Waals surface area contributed by atoms with Crippen LogP contribution in [0, 0.1) is 34.5 Å². The fourth-order valence-electron chi connectivity index (χ4n) is 7.41. The van der Waals surface area contributed by atoms with Crippen molar-refractivity contribution in [1.29, 1.82) is 0 Å². The van der Waals surface area contributed by atoms with E-state index in [4.69, 9.17) is 4.74 Å². The second kappa shape index (κ2) is 5.70. The fourth-order valence-corrected chi connectivity index (χ4v) is 7.41. The van der Waals surface area contributed by atoms with E-state index < -0.39 is 6.04 Å². The average Bonchev–Trinajstić information content (AvgIpc) is 2.95. The summed E-state index contributed by atoms with van der Waals surface area (Å²) in [5.41, 5.74) is 0.319. The monoisotopic (exact) mass is 360 g/mol. The number of nitrogens with one attached hydrogen (secondary N) is 1. The molecule has 1 aliphatic heterocycles. The SMILES string of the molecule is CC(C)C(NC(=O)C12CC3CC4CC(C1)C4(C3)C2)C(=O)N1CCOCC1. The molecule has 6 unspecified atom stereocenters. The van der Waals surface area contributed by atoms with Gasteiger partial charge < -0.3 is 15.0 Å². The van der Waals surface area contributed by atoms with Crippen molar-refractivity contribution >= 4 is 11.8 Å². The minimum absolute atomic E-state index is 0.0730. The summed E-state index contributed by atoms with van der Waals surface area (Å²) in [5, 5.41) is 3.24. The van der Waals surface area contributed by atoms with Gasteiger partial charge in [-0.3, -0.25) is 9.59 Å². The highest BCUT2D eigenvalue weighted by molar-refractivity contribution is 5.91. The van der Waals surface area contributed by atoms with Gasteiger partial charge in [-0.1, -0.05) is 13.8 Å². The van der Waals surface area contributed by atoms with Crippen molar-refractivity contribution in [2.45, 2.75) is 58.4 Å². The number of amides is 2. The standard InChI is InChI=1S/C21H32N2O3/c1-13(2)17(18(24)23-3-5-26-6-4-23)22-19(25)20-9-14-7-15-8-16(11-20)21(15,10-14)12-20/h13-17H,3-12H2,1-2H3,(H,22,25). The Morgan fingerprint density at radius 1 is 1.08 bits per heavy atom. The molecule has 4 aliphatic carbocycles. The van der Waals surface area contributed by atoms with Crippen LogP contribution in [-0.4, -0.2) is 49.1 Å². The number of morpholine rings is 1. The third-order valence-corrected chi connectivity index (χ3v) is 8.49. The highest BCUT2D eigenvalue weighted by Crippen LogP contribution is 2.78. The first kappa shape index (κ1) is 17.0. The number of rotatable bonds is 4. The van der Waals surface area contributed by atoms with Crippen LogP contribution in [0.1, 0.15) is 52.4 Å². The van der Waals surface area contributed by atoms with E-state index in [9.17, 15) is 9.59 Å². The molecule has 5 heteroatoms. The highest BCUT2D eigenvalue weighted by atomic mass is 16.5. The smallest absolute Gasteiger partial charge is 0.245 e. The second-order valence-corrected chi connectivity index (χ2v) is 10.2. The number of carbonyl (C=O) groups excluding carboxylic acids is 2. The van der Waals surface area contributed by atoms with Gasteiger partial charge in [0.1, 0.15) is 6.04 Å². The molecule has 5 rings (SSSR count). The van der Waals surface area contributed by atoms with Crippen molar-refractivity contribution in [3.05, 3.63) is 0 Å². The van der Waals surface area contributed by atoms with E-state index in [1.165, 1.54) is 19.3 Å². The Balaban J connectivity index is 1.33. The van der Waals surface area contributed by atoms with Crippen LogP contribution in [0.2, 0.25) is 0 Å². The second-order valence-electron chi connectivity index (χ2n) is 10.2. The summed E-state index contributed by atoms with van der Waals surface area (Å²) >= 11 is 0. The maximum absolute atomic E-state index is 13.5. The van der Waals surface area contributed by atoms with Crippen LogP contribution in [0.25, 0.3) is 0 Å². The van der Waals surface area contributed by atoms with E-state index >= 15 is 0 Å². The Morgan fingerprint density at radius 2 is 1.85 bits per heavy atom. The molecule has 3 bridgehead atoms. The Kier molecular flexibility index (Phi) is 3.73. The van der Waals surface area contributed by atoms with Gasteiger partial charge in [-0.25, -0.2) is 0 Å². The lowest BCUT2D eigenvalue weighted by molar-refractivity contribution is -0.144. The van der Waals surface area contributed by atoms with Gasteiger partial charge in [0.25, 0.3) is 0 Å². The van der Waals surface area contributed by atoms with Gasteiger partial charge in [0.15, 0.2) is 0 Å². The largest absolute Gasteiger partial charge is 0.378 e. The van der Waals surface area contributed by atoms with Crippen LogP contribution in [0.4, 0.5) is 0 Å². The topological polar surface area (TPSA) is 58.6 Å². The third kappa shape index (κ3) is 2.25. The summed E-state index contributed by atoms with van der Waals surface area (Å²) in [6.07, 6.45) is 7.30. The molecule has 5 nitrogen and oxygen atoms in total. The Morgan fingerprint density at radius 3 is 2.58 bits per heavy atom. The van der Waals surface area contributed by atoms with E-state index in [-0.39, 0.29) is 23.1 Å². The summed E-state index contributed by atoms with van der Waals surface area (Å²) in [5.74, 6) is 2.78. The molecule has 1 saturated heterocycles. The number of nitrogens with zero attached hydrogens (tertiary/aromatic N) is 1. The van der Waals surface area contributed by atoms with Crippen molar-refractivity contribution in [2.75, 3.05) is 26.3 Å². The molecule has 0 radical (unpaired) electrons. The summed E-state index contributed by atoms with van der Waals surface area (Å²) < 4.78 is 5.37. The maximum atomic E-state index is 13.5. The molecule has 144 valence electrons. The van der Waals surface area contributed by atoms with Gasteiger partial charge in [0.2, 0.25) is 11.8 Å². The molecule has 26 heavy (non-hydrogen) atoms. The number of hydrogen-bond donors (Lipinski definition) is 1. The Bertz CT molecular complexity index is 625. The van der Waals surface area contributed by atoms with Crippen LogP contribution in [-0.2, 0) is 14.3 Å². The van der Waals surface area contributed by atoms with Crippen molar-refractivity contribution in [1.82, 2.24) is 10.2 Å². The van der Waals surface area contributed by atoms with Gasteiger partial charge in [0.05, 0.1) is 18.6 Å². The van der Waals surface area contributed by atoms with E-state index in [1.807, 2.05) is 18.7 Å². The van der Waals surface area contributed by atoms with Gasteiger partial charge in [-0.15, -0.1) is 0 Å². The predicted molar refractivity (Wildman–Crippen MR) is 97.2 cm³/mol. The summed E-state index contributed by atoms with van der Waals surface area (Å²) in [7, 11) is 0. The first-order valence-electron chi connectivity index (χ1n) is 10.6. The molecule has 5 aliphatic rings. The molecule has 1 spiro atoms. The van der Waals surface area contributed by atoms with Crippen LogP contribution < -0.4 is 5.32 Å². The van der Waals surface area contributed by atoms with Gasteiger partial charge in [-0.05, 0) is 67.6 Å². The summed E-state index contributed by atoms with van der Waals surface area (Å²) in [6.45, 7) is 6.55. The number of hydrogen-bond acceptors (Lipinski definition) is 3. The molecule has 0 aromatic carbocycles. The lowest BCUT2D eigenvalue weighted by Crippen LogP contribution is -2.56. The molecular formula is C21H32N2O3. The van der Waals surface area contributed by atoms with Crippen molar-refractivity contribution in [3.63, 3.8) is 0 Å². The molecule has 2 amide bonds. The molecule has 1 heterocycles. The Labute approximate surface area is 156 Å². The predicted octanol–water partition coefficient (Wildman–Crippen LogP) is 2.20. The van der Waals surface area contributed by atoms with Crippen LogP contribution in [0.15, 0.2) is 0 Å². The molecular weight excluding hydrogens is 328 g/mol. The number of fused-ring (bicyclic) bond motifs is 2. The van der Waals surface area contributed by atoms with Crippen LogP contribution in [0.5, 0.6) is 0 Å². The zero-order valence-electron chi connectivity index (χ0n) is 16.1. The number of carbonyl (C=O) groups is 2. The van der Waals surface area contributed by atoms with E-state index in [0.717, 1.165) is 37.0 Å². The van der Waals surface area contributed by atoms with E-state index in [1.54, 1.807) is 0 Å². The molecule has 1 N–H and O–H groups in total. The Hall–Kier alpha value is -1.10. The minimum atomic E-state index is -0.402. The highest BCUT2D eigenvalue weighted by Gasteiger charge is 2.72. The minimum Gasteiger partial charge on any atom is -0.378 e. The average molecular weight is 360 g/mol. The van der Waals surface area contributed by atoms with Gasteiger partial charge in [-0.2, -0.15) is 0 Å². The lowest BCUT2D eigenvalue weighted by Gasteiger charge is -2.49. The quantitative estimate of drug-likeness (QED) is 0.836. The van der Waals surface area contributed by atoms with Crippen molar-refractivity contribution in [3.8, 4) is 0 Å². The molecule has 4 saturated carbocycles. The maximum Gasteiger partial charge on any atom is 0.245 e. The third-order valence-electron chi connectivity index (χ3n) is 8.49. The fraction of sp³-hybridized carbons (Fsp3) is 0.905. The zero-order chi connectivity index (χ0) is 18.1. The lowest BCUT2D eigenvalue weighted by atomic mass is 9.55. The van der Waals surface area contributed by atoms with Gasteiger partial charge >= 0.3 is 0 Å². The van der Waals surface area contributed by atoms with Crippen LogP contribution >= 0.6 is 0 Å². The first-order valence-corrected chi connectivity index (χ1v) is 10.6. The van der Waals surface area contributed by atoms with E-state index in [2.05, 4.69) is 5.32 Å². The number of ether oxygens (including phenoxy) is 1. The van der Waals surface area contributed by atoms with Crippen molar-refractivity contribution in [2.24, 2.45) is 34.5 Å². The molecule has 5 fully saturated rings. The normalized spacial score (nSPS) is 44.0. The van der Waals surface area contributed by atoms with Gasteiger partial charge in [0, 0.05) is 13.1 Å². The van der Waals surface area contributed by atoms with Crippen LogP contribution in [0.3, 0.4) is 0 Å². The first-order chi connectivity index (χ1) is 12.4. The zero-order valence-corrected chi connectivity index (χ0v) is 16.1. The summed E-state index contributed by atoms with van der Waals surface area (Å²) in [6, 6.07) is -0.402. The summed E-state index contributed by atoms with van der Waals surface area (Å²) in [4.78, 5) is 28.3.